The topological polar surface area (TPSA) is 76.2 Å². The van der Waals surface area contributed by atoms with Crippen LogP contribution in [0.25, 0.3) is 0 Å². The minimum atomic E-state index is -0.772. The first-order valence-electron chi connectivity index (χ1n) is 9.64. The molecule has 0 atom stereocenters. The average Bonchev–Trinajstić information content (AvgIpc) is 2.94. The Hall–Kier alpha value is -2.83. The Morgan fingerprint density at radius 1 is 1.00 bits per heavy atom. The molecule has 1 saturated heterocycles. The number of carbonyl (C=O) groups excluding carboxylic acids is 3. The smallest absolute Gasteiger partial charge is 0.434 e. The van der Waals surface area contributed by atoms with Gasteiger partial charge >= 0.3 is 6.16 Å². The molecular weight excluding hydrogens is 360 g/mol. The van der Waals surface area contributed by atoms with E-state index in [-0.39, 0.29) is 18.4 Å². The van der Waals surface area contributed by atoms with Crippen molar-refractivity contribution in [3.8, 4) is 5.75 Å². The molecule has 2 amide bonds. The maximum Gasteiger partial charge on any atom is 0.513 e. The Kier molecular flexibility index (Phi) is 8.04. The van der Waals surface area contributed by atoms with Crippen molar-refractivity contribution in [2.45, 2.75) is 33.6 Å². The Bertz CT molecular complexity index is 727. The van der Waals surface area contributed by atoms with Gasteiger partial charge in [0.15, 0.2) is 0 Å². The second kappa shape index (κ2) is 10.5. The van der Waals surface area contributed by atoms with Crippen LogP contribution < -0.4 is 4.74 Å². The second-order valence-electron chi connectivity index (χ2n) is 6.62. The molecule has 0 aliphatic carbocycles. The van der Waals surface area contributed by atoms with Gasteiger partial charge in [-0.3, -0.25) is 9.59 Å². The monoisotopic (exact) mass is 388 g/mol. The van der Waals surface area contributed by atoms with E-state index in [1.807, 2.05) is 13.8 Å². The lowest BCUT2D eigenvalue weighted by atomic mass is 10.2. The molecule has 152 valence electrons. The summed E-state index contributed by atoms with van der Waals surface area (Å²) in [5.41, 5.74) is 1.56. The van der Waals surface area contributed by atoms with Crippen molar-refractivity contribution in [3.63, 3.8) is 0 Å². The van der Waals surface area contributed by atoms with Crippen LogP contribution in [0.15, 0.2) is 35.9 Å². The quantitative estimate of drug-likeness (QED) is 0.440. The molecule has 0 spiro atoms. The van der Waals surface area contributed by atoms with Crippen LogP contribution in [0, 0.1) is 0 Å². The van der Waals surface area contributed by atoms with Crippen molar-refractivity contribution in [2.75, 3.05) is 32.8 Å². The molecule has 0 N–H and O–H groups in total. The number of nitrogens with zero attached hydrogens (tertiary/aromatic N) is 2. The van der Waals surface area contributed by atoms with E-state index in [4.69, 9.17) is 9.47 Å². The van der Waals surface area contributed by atoms with Crippen molar-refractivity contribution >= 4 is 18.0 Å². The number of benzene rings is 1. The molecule has 7 nitrogen and oxygen atoms in total. The number of allylic oxidation sites excluding steroid dienone is 1. The Morgan fingerprint density at radius 3 is 2.29 bits per heavy atom. The minimum Gasteiger partial charge on any atom is -0.434 e. The van der Waals surface area contributed by atoms with E-state index in [9.17, 15) is 14.4 Å². The third kappa shape index (κ3) is 6.11. The fraction of sp³-hybridized carbons (Fsp3) is 0.476. The Balaban J connectivity index is 1.95. The zero-order valence-electron chi connectivity index (χ0n) is 16.8. The molecule has 1 aliphatic rings. The fourth-order valence-corrected chi connectivity index (χ4v) is 2.84. The summed E-state index contributed by atoms with van der Waals surface area (Å²) in [5, 5.41) is 0. The van der Waals surface area contributed by atoms with Crippen LogP contribution in [0.4, 0.5) is 4.79 Å². The van der Waals surface area contributed by atoms with Gasteiger partial charge in [0.2, 0.25) is 5.91 Å². The molecule has 0 saturated carbocycles. The van der Waals surface area contributed by atoms with Gasteiger partial charge in [0.25, 0.3) is 5.91 Å². The second-order valence-corrected chi connectivity index (χ2v) is 6.62. The van der Waals surface area contributed by atoms with Gasteiger partial charge < -0.3 is 19.3 Å². The molecule has 28 heavy (non-hydrogen) atoms. The van der Waals surface area contributed by atoms with Gasteiger partial charge in [-0.1, -0.05) is 12.5 Å². The Morgan fingerprint density at radius 2 is 1.64 bits per heavy atom. The molecule has 0 radical (unpaired) electrons. The summed E-state index contributed by atoms with van der Waals surface area (Å²) >= 11 is 0. The number of carbonyl (C=O) groups is 3. The zero-order chi connectivity index (χ0) is 20.5. The lowest BCUT2D eigenvalue weighted by Crippen LogP contribution is -2.36. The van der Waals surface area contributed by atoms with Gasteiger partial charge in [-0.05, 0) is 51.0 Å². The van der Waals surface area contributed by atoms with Crippen LogP contribution in [0.5, 0.6) is 5.75 Å². The van der Waals surface area contributed by atoms with E-state index >= 15 is 0 Å². The van der Waals surface area contributed by atoms with Crippen molar-refractivity contribution in [2.24, 2.45) is 0 Å². The number of hydrogen-bond acceptors (Lipinski definition) is 5. The van der Waals surface area contributed by atoms with E-state index in [2.05, 4.69) is 0 Å². The summed E-state index contributed by atoms with van der Waals surface area (Å²) < 4.78 is 9.72. The molecule has 1 aromatic carbocycles. The van der Waals surface area contributed by atoms with Gasteiger partial charge in [-0.25, -0.2) is 4.79 Å². The lowest BCUT2D eigenvalue weighted by molar-refractivity contribution is -0.125. The van der Waals surface area contributed by atoms with Crippen molar-refractivity contribution < 1.29 is 23.9 Å². The van der Waals surface area contributed by atoms with Gasteiger partial charge in [0.1, 0.15) is 5.75 Å². The van der Waals surface area contributed by atoms with Crippen molar-refractivity contribution in [3.05, 3.63) is 41.5 Å². The molecule has 1 aliphatic heterocycles. The Labute approximate surface area is 165 Å². The predicted molar refractivity (Wildman–Crippen MR) is 105 cm³/mol. The number of amides is 2. The first-order valence-corrected chi connectivity index (χ1v) is 9.64. The summed E-state index contributed by atoms with van der Waals surface area (Å²) in [6, 6.07) is 6.38. The third-order valence-corrected chi connectivity index (χ3v) is 4.59. The van der Waals surface area contributed by atoms with E-state index in [0.717, 1.165) is 18.4 Å². The third-order valence-electron chi connectivity index (χ3n) is 4.59. The maximum absolute atomic E-state index is 12.8. The van der Waals surface area contributed by atoms with Crippen LogP contribution in [0.1, 0.15) is 44.0 Å². The molecule has 1 fully saturated rings. The molecule has 1 aromatic rings. The van der Waals surface area contributed by atoms with Crippen molar-refractivity contribution in [1.82, 2.24) is 9.80 Å². The van der Waals surface area contributed by atoms with Crippen LogP contribution in [0.2, 0.25) is 0 Å². The molecule has 2 rings (SSSR count). The summed E-state index contributed by atoms with van der Waals surface area (Å²) in [6.07, 6.45) is 2.49. The summed E-state index contributed by atoms with van der Waals surface area (Å²) in [4.78, 5) is 40.0. The number of ether oxygens (including phenoxy) is 2. The van der Waals surface area contributed by atoms with Gasteiger partial charge in [0, 0.05) is 37.8 Å². The van der Waals surface area contributed by atoms with Crippen LogP contribution in [-0.2, 0) is 9.53 Å². The van der Waals surface area contributed by atoms with Gasteiger partial charge in [-0.2, -0.15) is 0 Å². The normalized spacial score (nSPS) is 15.0. The van der Waals surface area contributed by atoms with E-state index < -0.39 is 6.16 Å². The van der Waals surface area contributed by atoms with Crippen LogP contribution >= 0.6 is 0 Å². The largest absolute Gasteiger partial charge is 0.513 e. The molecule has 7 heteroatoms. The summed E-state index contributed by atoms with van der Waals surface area (Å²) in [7, 11) is 0. The zero-order valence-corrected chi connectivity index (χ0v) is 16.8. The van der Waals surface area contributed by atoms with Crippen molar-refractivity contribution in [1.29, 1.82) is 0 Å². The number of hydrogen-bond donors (Lipinski definition) is 0. The molecule has 1 heterocycles. The van der Waals surface area contributed by atoms with E-state index in [1.165, 1.54) is 0 Å². The summed E-state index contributed by atoms with van der Waals surface area (Å²) in [6.45, 7) is 8.14. The molecular formula is C21H28N2O5. The standard InChI is InChI=1S/C21H28N2O5/c1-4-16(3)15-19(24)22-11-6-12-23(14-13-22)20(25)17-7-9-18(10-8-17)28-21(26)27-5-2/h7-10,15H,4-6,11-14H2,1-3H3/b16-15+. The maximum atomic E-state index is 12.8. The average molecular weight is 388 g/mol. The molecule has 0 unspecified atom stereocenters. The highest BCUT2D eigenvalue weighted by Gasteiger charge is 2.22. The highest BCUT2D eigenvalue weighted by atomic mass is 16.7. The predicted octanol–water partition coefficient (Wildman–Crippen LogP) is 3.25. The molecule has 0 bridgehead atoms. The summed E-state index contributed by atoms with van der Waals surface area (Å²) in [5.74, 6) is 0.229. The fourth-order valence-electron chi connectivity index (χ4n) is 2.84. The first kappa shape index (κ1) is 21.5. The van der Waals surface area contributed by atoms with E-state index in [0.29, 0.717) is 37.5 Å². The number of rotatable bonds is 5. The van der Waals surface area contributed by atoms with Crippen LogP contribution in [0.3, 0.4) is 0 Å². The highest BCUT2D eigenvalue weighted by molar-refractivity contribution is 5.94. The highest BCUT2D eigenvalue weighted by Crippen LogP contribution is 2.16. The van der Waals surface area contributed by atoms with Gasteiger partial charge in [-0.15, -0.1) is 0 Å². The molecule has 0 aromatic heterocycles. The van der Waals surface area contributed by atoms with E-state index in [1.54, 1.807) is 47.1 Å². The SMILES string of the molecule is CCOC(=O)Oc1ccc(C(=O)N2CCCN(C(=O)/C=C(\C)CC)CC2)cc1. The lowest BCUT2D eigenvalue weighted by Gasteiger charge is -2.21. The minimum absolute atomic E-state index is 0.00844. The first-order chi connectivity index (χ1) is 13.4. The van der Waals surface area contributed by atoms with Crippen LogP contribution in [-0.4, -0.2) is 60.6 Å². The van der Waals surface area contributed by atoms with Gasteiger partial charge in [0.05, 0.1) is 6.61 Å².